The smallest absolute Gasteiger partial charge is 0.277 e. The van der Waals surface area contributed by atoms with Crippen molar-refractivity contribution in [2.45, 2.75) is 44.9 Å². The van der Waals surface area contributed by atoms with Gasteiger partial charge in [0.15, 0.2) is 0 Å². The van der Waals surface area contributed by atoms with Crippen LogP contribution in [0.1, 0.15) is 49.5 Å². The zero-order valence-corrected chi connectivity index (χ0v) is 20.3. The third kappa shape index (κ3) is 7.45. The highest BCUT2D eigenvalue weighted by Crippen LogP contribution is 2.22. The Labute approximate surface area is 202 Å². The predicted octanol–water partition coefficient (Wildman–Crippen LogP) is 3.99. The number of aromatic nitrogens is 2. The van der Waals surface area contributed by atoms with Gasteiger partial charge in [0.2, 0.25) is 17.7 Å². The monoisotopic (exact) mass is 481 g/mol. The maximum absolute atomic E-state index is 12.4. The van der Waals surface area contributed by atoms with E-state index in [2.05, 4.69) is 46.9 Å². The van der Waals surface area contributed by atoms with E-state index in [0.717, 1.165) is 17.3 Å². The first-order valence-electron chi connectivity index (χ1n) is 10.6. The fourth-order valence-corrected chi connectivity index (χ4v) is 3.49. The van der Waals surface area contributed by atoms with Crippen LogP contribution in [0.5, 0.6) is 0 Å². The number of thioether (sulfide) groups is 1. The molecule has 9 nitrogen and oxygen atoms in total. The SMILES string of the molecule is CC(=O)Nc1ccc(NC(=O)CSc2nnc(CNC(=O)c3ccc(C(C)(C)C)cc3)o2)cc1. The topological polar surface area (TPSA) is 126 Å². The van der Waals surface area contributed by atoms with Crippen LogP contribution in [-0.4, -0.2) is 33.7 Å². The summed E-state index contributed by atoms with van der Waals surface area (Å²) in [6, 6.07) is 14.2. The lowest BCUT2D eigenvalue weighted by Crippen LogP contribution is -2.23. The average Bonchev–Trinajstić information content (AvgIpc) is 3.24. The van der Waals surface area contributed by atoms with Crippen molar-refractivity contribution in [1.82, 2.24) is 15.5 Å². The fourth-order valence-electron chi connectivity index (χ4n) is 2.91. The van der Waals surface area contributed by atoms with E-state index in [0.29, 0.717) is 16.9 Å². The maximum atomic E-state index is 12.4. The van der Waals surface area contributed by atoms with Gasteiger partial charge in [0.25, 0.3) is 11.1 Å². The molecule has 178 valence electrons. The Bertz CT molecular complexity index is 1150. The third-order valence-corrected chi connectivity index (χ3v) is 5.50. The Balaban J connectivity index is 1.44. The molecular weight excluding hydrogens is 454 g/mol. The molecule has 0 atom stereocenters. The Morgan fingerprint density at radius 3 is 2.12 bits per heavy atom. The molecule has 0 fully saturated rings. The largest absolute Gasteiger partial charge is 0.414 e. The van der Waals surface area contributed by atoms with Crippen molar-refractivity contribution < 1.29 is 18.8 Å². The standard InChI is InChI=1S/C24H27N5O4S/c1-15(30)26-18-9-11-19(12-10-18)27-20(31)14-34-23-29-28-21(33-23)13-25-22(32)16-5-7-17(8-6-16)24(2,3)4/h5-12H,13-14H2,1-4H3,(H,25,32)(H,26,30)(H,27,31). The summed E-state index contributed by atoms with van der Waals surface area (Å²) >= 11 is 1.09. The van der Waals surface area contributed by atoms with Gasteiger partial charge in [-0.1, -0.05) is 44.7 Å². The van der Waals surface area contributed by atoms with Crippen molar-refractivity contribution in [3.63, 3.8) is 0 Å². The van der Waals surface area contributed by atoms with Gasteiger partial charge in [-0.15, -0.1) is 10.2 Å². The summed E-state index contributed by atoms with van der Waals surface area (Å²) in [4.78, 5) is 35.6. The normalized spacial score (nSPS) is 11.1. The minimum absolute atomic E-state index is 0.0160. The summed E-state index contributed by atoms with van der Waals surface area (Å²) in [7, 11) is 0. The van der Waals surface area contributed by atoms with Crippen molar-refractivity contribution in [3.05, 3.63) is 65.5 Å². The zero-order valence-electron chi connectivity index (χ0n) is 19.5. The number of carbonyl (C=O) groups is 3. The number of rotatable bonds is 8. The molecule has 1 aromatic heterocycles. The molecule has 0 bridgehead atoms. The Morgan fingerprint density at radius 1 is 0.912 bits per heavy atom. The summed E-state index contributed by atoms with van der Waals surface area (Å²) in [5.41, 5.74) is 2.95. The Morgan fingerprint density at radius 2 is 1.53 bits per heavy atom. The minimum Gasteiger partial charge on any atom is -0.414 e. The van der Waals surface area contributed by atoms with Gasteiger partial charge in [0.05, 0.1) is 12.3 Å². The molecule has 34 heavy (non-hydrogen) atoms. The first kappa shape index (κ1) is 25.0. The number of hydrogen-bond donors (Lipinski definition) is 3. The molecule has 0 saturated carbocycles. The zero-order chi connectivity index (χ0) is 24.7. The number of anilines is 2. The quantitative estimate of drug-likeness (QED) is 0.415. The van der Waals surface area contributed by atoms with Crippen molar-refractivity contribution in [2.24, 2.45) is 0 Å². The molecule has 0 aliphatic carbocycles. The van der Waals surface area contributed by atoms with Gasteiger partial charge in [-0.05, 0) is 47.4 Å². The lowest BCUT2D eigenvalue weighted by molar-refractivity contribution is -0.114. The number of hydrogen-bond acceptors (Lipinski definition) is 7. The summed E-state index contributed by atoms with van der Waals surface area (Å²) < 4.78 is 5.49. The van der Waals surface area contributed by atoms with Crippen molar-refractivity contribution in [1.29, 1.82) is 0 Å². The van der Waals surface area contributed by atoms with Gasteiger partial charge in [-0.25, -0.2) is 0 Å². The maximum Gasteiger partial charge on any atom is 0.277 e. The van der Waals surface area contributed by atoms with Gasteiger partial charge < -0.3 is 20.4 Å². The molecular formula is C24H27N5O4S. The number of carbonyl (C=O) groups excluding carboxylic acids is 3. The molecule has 1 heterocycles. The molecule has 0 aliphatic heterocycles. The molecule has 0 aliphatic rings. The minimum atomic E-state index is -0.246. The highest BCUT2D eigenvalue weighted by atomic mass is 32.2. The van der Waals surface area contributed by atoms with Gasteiger partial charge in [-0.3, -0.25) is 14.4 Å². The van der Waals surface area contributed by atoms with E-state index in [1.165, 1.54) is 6.92 Å². The molecule has 3 rings (SSSR count). The number of nitrogens with one attached hydrogen (secondary N) is 3. The molecule has 0 radical (unpaired) electrons. The molecule has 3 aromatic rings. The van der Waals surface area contributed by atoms with E-state index >= 15 is 0 Å². The lowest BCUT2D eigenvalue weighted by atomic mass is 9.87. The van der Waals surface area contributed by atoms with E-state index in [-0.39, 0.29) is 46.5 Å². The van der Waals surface area contributed by atoms with Crippen molar-refractivity contribution in [2.75, 3.05) is 16.4 Å². The Kier molecular flexibility index (Phi) is 8.06. The lowest BCUT2D eigenvalue weighted by Gasteiger charge is -2.18. The van der Waals surface area contributed by atoms with Crippen LogP contribution in [-0.2, 0) is 21.5 Å². The Hall–Kier alpha value is -3.66. The van der Waals surface area contributed by atoms with Crippen molar-refractivity contribution >= 4 is 40.9 Å². The van der Waals surface area contributed by atoms with E-state index < -0.39 is 0 Å². The van der Waals surface area contributed by atoms with Gasteiger partial charge in [0.1, 0.15) is 0 Å². The summed E-state index contributed by atoms with van der Waals surface area (Å²) in [5.74, 6) is -0.333. The van der Waals surface area contributed by atoms with Gasteiger partial charge in [-0.2, -0.15) is 0 Å². The second-order valence-electron chi connectivity index (χ2n) is 8.57. The first-order chi connectivity index (χ1) is 16.1. The van der Waals surface area contributed by atoms with E-state index in [4.69, 9.17) is 4.42 Å². The summed E-state index contributed by atoms with van der Waals surface area (Å²) in [6.07, 6.45) is 0. The summed E-state index contributed by atoms with van der Waals surface area (Å²) in [5, 5.41) is 16.2. The molecule has 0 saturated heterocycles. The highest BCUT2D eigenvalue weighted by molar-refractivity contribution is 7.99. The van der Waals surface area contributed by atoms with E-state index in [1.54, 1.807) is 36.4 Å². The van der Waals surface area contributed by atoms with Crippen LogP contribution in [0.3, 0.4) is 0 Å². The van der Waals surface area contributed by atoms with Crippen LogP contribution in [0.2, 0.25) is 0 Å². The fraction of sp³-hybridized carbons (Fsp3) is 0.292. The van der Waals surface area contributed by atoms with Crippen LogP contribution in [0, 0.1) is 0 Å². The van der Waals surface area contributed by atoms with Crippen LogP contribution in [0.15, 0.2) is 58.2 Å². The average molecular weight is 482 g/mol. The van der Waals surface area contributed by atoms with Crippen LogP contribution >= 0.6 is 11.8 Å². The third-order valence-electron chi connectivity index (χ3n) is 4.68. The molecule has 0 unspecified atom stereocenters. The van der Waals surface area contributed by atoms with Crippen LogP contribution < -0.4 is 16.0 Å². The number of nitrogens with zero attached hydrogens (tertiary/aromatic N) is 2. The second-order valence-corrected chi connectivity index (χ2v) is 9.49. The van der Waals surface area contributed by atoms with Gasteiger partial charge >= 0.3 is 0 Å². The van der Waals surface area contributed by atoms with Crippen molar-refractivity contribution in [3.8, 4) is 0 Å². The number of amides is 3. The van der Waals surface area contributed by atoms with Gasteiger partial charge in [0, 0.05) is 23.9 Å². The predicted molar refractivity (Wildman–Crippen MR) is 131 cm³/mol. The molecule has 0 spiro atoms. The second kappa shape index (κ2) is 11.0. The molecule has 3 amide bonds. The number of benzene rings is 2. The van der Waals surface area contributed by atoms with E-state index in [1.807, 2.05) is 12.1 Å². The summed E-state index contributed by atoms with van der Waals surface area (Å²) in [6.45, 7) is 7.85. The van der Waals surface area contributed by atoms with Crippen LogP contribution in [0.4, 0.5) is 11.4 Å². The highest BCUT2D eigenvalue weighted by Gasteiger charge is 2.15. The van der Waals surface area contributed by atoms with Crippen LogP contribution in [0.25, 0.3) is 0 Å². The molecule has 2 aromatic carbocycles. The van der Waals surface area contributed by atoms with E-state index in [9.17, 15) is 14.4 Å². The molecule has 10 heteroatoms. The first-order valence-corrected chi connectivity index (χ1v) is 11.6. The molecule has 3 N–H and O–H groups in total.